The zero-order valence-electron chi connectivity index (χ0n) is 13.0. The number of aromatic nitrogens is 1. The largest absolute Gasteiger partial charge is 0.361 e. The van der Waals surface area contributed by atoms with Gasteiger partial charge in [-0.1, -0.05) is 12.1 Å². The van der Waals surface area contributed by atoms with Crippen molar-refractivity contribution >= 4 is 32.5 Å². The first-order chi connectivity index (χ1) is 11.4. The maximum atomic E-state index is 12.4. The number of nitrogens with one attached hydrogen (secondary N) is 3. The molecule has 0 saturated heterocycles. The first-order valence-electron chi connectivity index (χ1n) is 7.33. The highest BCUT2D eigenvalue weighted by molar-refractivity contribution is 7.88. The molecule has 6 nitrogen and oxygen atoms in total. The van der Waals surface area contributed by atoms with Crippen molar-refractivity contribution in [2.24, 2.45) is 0 Å². The van der Waals surface area contributed by atoms with Gasteiger partial charge >= 0.3 is 0 Å². The molecular weight excluding hydrogens is 326 g/mol. The van der Waals surface area contributed by atoms with Crippen LogP contribution in [0.1, 0.15) is 15.9 Å². The lowest BCUT2D eigenvalue weighted by Gasteiger charge is -2.08. The van der Waals surface area contributed by atoms with Crippen LogP contribution in [0.2, 0.25) is 0 Å². The monoisotopic (exact) mass is 343 g/mol. The number of anilines is 1. The predicted octanol–water partition coefficient (Wildman–Crippen LogP) is 2.47. The highest BCUT2D eigenvalue weighted by atomic mass is 32.2. The van der Waals surface area contributed by atoms with Gasteiger partial charge in [-0.2, -0.15) is 0 Å². The molecule has 0 bridgehead atoms. The lowest BCUT2D eigenvalue weighted by atomic mass is 10.1. The second-order valence-corrected chi connectivity index (χ2v) is 7.36. The number of fused-ring (bicyclic) bond motifs is 1. The van der Waals surface area contributed by atoms with E-state index in [1.54, 1.807) is 30.3 Å². The molecule has 0 unspecified atom stereocenters. The fourth-order valence-corrected chi connectivity index (χ4v) is 2.80. The lowest BCUT2D eigenvalue weighted by Crippen LogP contribution is -2.21. The zero-order valence-corrected chi connectivity index (χ0v) is 13.9. The predicted molar refractivity (Wildman–Crippen MR) is 94.4 cm³/mol. The smallest absolute Gasteiger partial charge is 0.255 e. The van der Waals surface area contributed by atoms with Crippen molar-refractivity contribution in [2.45, 2.75) is 6.54 Å². The van der Waals surface area contributed by atoms with E-state index in [2.05, 4.69) is 15.0 Å². The SMILES string of the molecule is CS(=O)(=O)NCc1cccc(NC(=O)c2ccc3[nH]ccc3c2)c1. The average molecular weight is 343 g/mol. The molecule has 0 aliphatic heterocycles. The molecule has 3 rings (SSSR count). The molecule has 3 aromatic rings. The molecule has 3 N–H and O–H groups in total. The van der Waals surface area contributed by atoms with Gasteiger partial charge in [-0.15, -0.1) is 0 Å². The van der Waals surface area contributed by atoms with Crippen molar-refractivity contribution in [3.63, 3.8) is 0 Å². The van der Waals surface area contributed by atoms with Crippen LogP contribution < -0.4 is 10.0 Å². The second-order valence-electron chi connectivity index (χ2n) is 5.53. The topological polar surface area (TPSA) is 91.1 Å². The van der Waals surface area contributed by atoms with Crippen LogP contribution in [0.3, 0.4) is 0 Å². The number of hydrogen-bond donors (Lipinski definition) is 3. The molecule has 0 atom stereocenters. The van der Waals surface area contributed by atoms with Crippen molar-refractivity contribution in [1.82, 2.24) is 9.71 Å². The molecule has 1 amide bonds. The molecule has 0 radical (unpaired) electrons. The van der Waals surface area contributed by atoms with Crippen LogP contribution in [-0.4, -0.2) is 25.6 Å². The maximum absolute atomic E-state index is 12.4. The van der Waals surface area contributed by atoms with Gasteiger partial charge in [-0.3, -0.25) is 4.79 Å². The summed E-state index contributed by atoms with van der Waals surface area (Å²) in [4.78, 5) is 15.5. The summed E-state index contributed by atoms with van der Waals surface area (Å²) in [5.41, 5.74) is 2.91. The van der Waals surface area contributed by atoms with Crippen LogP contribution in [0.5, 0.6) is 0 Å². The summed E-state index contributed by atoms with van der Waals surface area (Å²) in [6.45, 7) is 0.178. The number of rotatable bonds is 5. The van der Waals surface area contributed by atoms with Crippen LogP contribution in [0.4, 0.5) is 5.69 Å². The zero-order chi connectivity index (χ0) is 17.2. The Morgan fingerprint density at radius 1 is 1.12 bits per heavy atom. The number of aromatic amines is 1. The third-order valence-electron chi connectivity index (χ3n) is 3.54. The maximum Gasteiger partial charge on any atom is 0.255 e. The van der Waals surface area contributed by atoms with Gasteiger partial charge in [0.1, 0.15) is 0 Å². The number of sulfonamides is 1. The number of H-pyrrole nitrogens is 1. The Hall–Kier alpha value is -2.64. The summed E-state index contributed by atoms with van der Waals surface area (Å²) in [7, 11) is -3.26. The first-order valence-corrected chi connectivity index (χ1v) is 9.22. The van der Waals surface area contributed by atoms with Crippen LogP contribution in [0.15, 0.2) is 54.7 Å². The van der Waals surface area contributed by atoms with E-state index in [0.29, 0.717) is 11.3 Å². The van der Waals surface area contributed by atoms with Gasteiger partial charge in [0, 0.05) is 34.9 Å². The fourth-order valence-electron chi connectivity index (χ4n) is 2.37. The van der Waals surface area contributed by atoms with Crippen LogP contribution in [0.25, 0.3) is 10.9 Å². The number of hydrogen-bond acceptors (Lipinski definition) is 3. The molecule has 0 saturated carbocycles. The molecule has 0 aliphatic rings. The van der Waals surface area contributed by atoms with E-state index < -0.39 is 10.0 Å². The Kier molecular flexibility index (Phi) is 4.37. The van der Waals surface area contributed by atoms with Gasteiger partial charge in [-0.05, 0) is 42.0 Å². The molecule has 1 aromatic heterocycles. The fraction of sp³-hybridized carbons (Fsp3) is 0.118. The summed E-state index contributed by atoms with van der Waals surface area (Å²) >= 11 is 0. The van der Waals surface area contributed by atoms with Crippen LogP contribution >= 0.6 is 0 Å². The van der Waals surface area contributed by atoms with Gasteiger partial charge in [-0.25, -0.2) is 13.1 Å². The van der Waals surface area contributed by atoms with E-state index in [0.717, 1.165) is 22.7 Å². The third-order valence-corrected chi connectivity index (χ3v) is 4.21. The Morgan fingerprint density at radius 3 is 2.75 bits per heavy atom. The Labute approximate surface area is 139 Å². The minimum absolute atomic E-state index is 0.178. The van der Waals surface area contributed by atoms with Gasteiger partial charge in [0.05, 0.1) is 6.26 Å². The molecule has 0 aliphatic carbocycles. The first kappa shape index (κ1) is 16.2. The van der Waals surface area contributed by atoms with Crippen molar-refractivity contribution in [2.75, 3.05) is 11.6 Å². The van der Waals surface area contributed by atoms with E-state index in [1.807, 2.05) is 24.4 Å². The quantitative estimate of drug-likeness (QED) is 0.664. The number of carbonyl (C=O) groups is 1. The summed E-state index contributed by atoms with van der Waals surface area (Å²) < 4.78 is 24.7. The van der Waals surface area contributed by atoms with E-state index in [9.17, 15) is 13.2 Å². The van der Waals surface area contributed by atoms with Crippen molar-refractivity contribution in [1.29, 1.82) is 0 Å². The summed E-state index contributed by atoms with van der Waals surface area (Å²) in [6.07, 6.45) is 2.93. The minimum Gasteiger partial charge on any atom is -0.361 e. The van der Waals surface area contributed by atoms with E-state index >= 15 is 0 Å². The Balaban J connectivity index is 1.74. The minimum atomic E-state index is -3.26. The molecule has 7 heteroatoms. The normalized spacial score (nSPS) is 11.5. The number of carbonyl (C=O) groups excluding carboxylic acids is 1. The van der Waals surface area contributed by atoms with Gasteiger partial charge < -0.3 is 10.3 Å². The lowest BCUT2D eigenvalue weighted by molar-refractivity contribution is 0.102. The van der Waals surface area contributed by atoms with E-state index in [-0.39, 0.29) is 12.5 Å². The molecular formula is C17H17N3O3S. The molecule has 2 aromatic carbocycles. The highest BCUT2D eigenvalue weighted by Crippen LogP contribution is 2.17. The van der Waals surface area contributed by atoms with Crippen molar-refractivity contribution < 1.29 is 13.2 Å². The van der Waals surface area contributed by atoms with Crippen LogP contribution in [0, 0.1) is 0 Å². The second kappa shape index (κ2) is 6.46. The summed E-state index contributed by atoms with van der Waals surface area (Å²) in [5, 5.41) is 3.79. The molecule has 1 heterocycles. The van der Waals surface area contributed by atoms with E-state index in [4.69, 9.17) is 0 Å². The average Bonchev–Trinajstić information content (AvgIpc) is 3.00. The third kappa shape index (κ3) is 4.01. The molecule has 124 valence electrons. The van der Waals surface area contributed by atoms with Gasteiger partial charge in [0.2, 0.25) is 10.0 Å². The number of amides is 1. The van der Waals surface area contributed by atoms with Crippen LogP contribution in [-0.2, 0) is 16.6 Å². The highest BCUT2D eigenvalue weighted by Gasteiger charge is 2.08. The van der Waals surface area contributed by atoms with Crippen molar-refractivity contribution in [3.8, 4) is 0 Å². The molecule has 24 heavy (non-hydrogen) atoms. The van der Waals surface area contributed by atoms with E-state index in [1.165, 1.54) is 0 Å². The van der Waals surface area contributed by atoms with Crippen molar-refractivity contribution in [3.05, 3.63) is 65.9 Å². The molecule has 0 fully saturated rings. The Bertz CT molecular complexity index is 993. The molecule has 0 spiro atoms. The van der Waals surface area contributed by atoms with Gasteiger partial charge in [0.25, 0.3) is 5.91 Å². The summed E-state index contributed by atoms with van der Waals surface area (Å²) in [6, 6.07) is 14.4. The summed E-state index contributed by atoms with van der Waals surface area (Å²) in [5.74, 6) is -0.216. The standard InChI is InChI=1S/C17H17N3O3S/c1-24(22,23)19-11-12-3-2-4-15(9-12)20-17(21)14-5-6-16-13(10-14)7-8-18-16/h2-10,18-19H,11H2,1H3,(H,20,21). The number of benzene rings is 2. The Morgan fingerprint density at radius 2 is 1.96 bits per heavy atom. The van der Waals surface area contributed by atoms with Gasteiger partial charge in [0.15, 0.2) is 0 Å².